The third kappa shape index (κ3) is 3.22. The van der Waals surface area contributed by atoms with Crippen LogP contribution in [0.5, 0.6) is 0 Å². The number of carbonyl (C=O) groups excluding carboxylic acids is 1. The number of hydrogen-bond donors (Lipinski definition) is 0. The standard InChI is InChI=1S/C23H32N2O/c1-17-23-21(14-9-15-22(23)26)25(20-12-7-4-8-13-20)18(2)24(17)16-19-10-5-3-6-11-19/h3,5-6,10-11,17-18,20H,4,7-9,12-16H2,1-2H3/t17-,18-/m0/s1. The Hall–Kier alpha value is -1.61. The van der Waals surface area contributed by atoms with E-state index in [1.165, 1.54) is 43.4 Å². The molecule has 0 N–H and O–H groups in total. The van der Waals surface area contributed by atoms with E-state index in [4.69, 9.17) is 0 Å². The summed E-state index contributed by atoms with van der Waals surface area (Å²) in [6.45, 7) is 5.52. The molecule has 1 aliphatic heterocycles. The maximum atomic E-state index is 12.9. The molecule has 2 atom stereocenters. The third-order valence-electron chi connectivity index (χ3n) is 6.71. The Kier molecular flexibility index (Phi) is 5.17. The van der Waals surface area contributed by atoms with Crippen LogP contribution < -0.4 is 0 Å². The maximum Gasteiger partial charge on any atom is 0.162 e. The Morgan fingerprint density at radius 3 is 2.42 bits per heavy atom. The highest BCUT2D eigenvalue weighted by Crippen LogP contribution is 2.40. The van der Waals surface area contributed by atoms with Crippen LogP contribution in [0.3, 0.4) is 0 Å². The zero-order valence-corrected chi connectivity index (χ0v) is 16.3. The molecule has 0 bridgehead atoms. The highest BCUT2D eigenvalue weighted by molar-refractivity contribution is 5.98. The summed E-state index contributed by atoms with van der Waals surface area (Å²) in [7, 11) is 0. The first-order chi connectivity index (χ1) is 12.7. The molecular weight excluding hydrogens is 320 g/mol. The molecule has 0 amide bonds. The van der Waals surface area contributed by atoms with Gasteiger partial charge in [-0.15, -0.1) is 0 Å². The molecule has 4 rings (SSSR count). The van der Waals surface area contributed by atoms with Crippen LogP contribution in [0, 0.1) is 0 Å². The molecule has 1 fully saturated rings. The topological polar surface area (TPSA) is 23.6 Å². The van der Waals surface area contributed by atoms with Crippen LogP contribution in [-0.2, 0) is 11.3 Å². The minimum atomic E-state index is 0.216. The van der Waals surface area contributed by atoms with Crippen LogP contribution in [0.2, 0.25) is 0 Å². The zero-order valence-electron chi connectivity index (χ0n) is 16.3. The molecule has 0 radical (unpaired) electrons. The number of nitrogens with zero attached hydrogens (tertiary/aromatic N) is 2. The quantitative estimate of drug-likeness (QED) is 0.775. The van der Waals surface area contributed by atoms with Crippen molar-refractivity contribution >= 4 is 5.78 Å². The number of carbonyl (C=O) groups is 1. The number of ketones is 1. The molecule has 1 heterocycles. The van der Waals surface area contributed by atoms with E-state index in [0.29, 0.717) is 18.0 Å². The number of benzene rings is 1. The molecular formula is C23H32N2O. The van der Waals surface area contributed by atoms with Crippen LogP contribution in [0.4, 0.5) is 0 Å². The van der Waals surface area contributed by atoms with Gasteiger partial charge in [0.1, 0.15) is 0 Å². The van der Waals surface area contributed by atoms with Crippen molar-refractivity contribution in [1.82, 2.24) is 9.80 Å². The van der Waals surface area contributed by atoms with Gasteiger partial charge in [-0.1, -0.05) is 49.6 Å². The number of allylic oxidation sites excluding steroid dienone is 1. The molecule has 0 saturated heterocycles. The first-order valence-corrected chi connectivity index (χ1v) is 10.5. The third-order valence-corrected chi connectivity index (χ3v) is 6.71. The number of Topliss-reactive ketones (excluding diaryl/α,β-unsaturated/α-hetero) is 1. The molecule has 3 nitrogen and oxygen atoms in total. The Morgan fingerprint density at radius 1 is 0.962 bits per heavy atom. The molecule has 3 heteroatoms. The second-order valence-electron chi connectivity index (χ2n) is 8.30. The average molecular weight is 353 g/mol. The second kappa shape index (κ2) is 7.56. The fraction of sp³-hybridized carbons (Fsp3) is 0.609. The van der Waals surface area contributed by atoms with Gasteiger partial charge in [0, 0.05) is 36.3 Å². The summed E-state index contributed by atoms with van der Waals surface area (Å²) in [6, 6.07) is 11.5. The van der Waals surface area contributed by atoms with Gasteiger partial charge in [0.05, 0.1) is 6.17 Å². The van der Waals surface area contributed by atoms with Crippen molar-refractivity contribution < 1.29 is 4.79 Å². The summed E-state index contributed by atoms with van der Waals surface area (Å²) in [6.07, 6.45) is 9.80. The number of rotatable bonds is 3. The molecule has 1 saturated carbocycles. The first-order valence-electron chi connectivity index (χ1n) is 10.5. The van der Waals surface area contributed by atoms with Gasteiger partial charge in [0.2, 0.25) is 0 Å². The van der Waals surface area contributed by atoms with Gasteiger partial charge in [-0.25, -0.2) is 0 Å². The molecule has 0 spiro atoms. The van der Waals surface area contributed by atoms with Crippen molar-refractivity contribution in [3.63, 3.8) is 0 Å². The second-order valence-corrected chi connectivity index (χ2v) is 8.30. The van der Waals surface area contributed by atoms with E-state index >= 15 is 0 Å². The molecule has 3 aliphatic rings. The summed E-state index contributed by atoms with van der Waals surface area (Å²) < 4.78 is 0. The maximum absolute atomic E-state index is 12.9. The summed E-state index contributed by atoms with van der Waals surface area (Å²) in [5.41, 5.74) is 3.84. The fourth-order valence-electron chi connectivity index (χ4n) is 5.41. The Balaban J connectivity index is 1.70. The molecule has 26 heavy (non-hydrogen) atoms. The van der Waals surface area contributed by atoms with E-state index in [0.717, 1.165) is 31.4 Å². The zero-order chi connectivity index (χ0) is 18.1. The van der Waals surface area contributed by atoms with Crippen LogP contribution in [-0.4, -0.2) is 33.8 Å². The van der Waals surface area contributed by atoms with Crippen LogP contribution in [0.1, 0.15) is 70.8 Å². The Bertz CT molecular complexity index is 675. The van der Waals surface area contributed by atoms with Crippen molar-refractivity contribution in [1.29, 1.82) is 0 Å². The lowest BCUT2D eigenvalue weighted by atomic mass is 9.84. The summed E-state index contributed by atoms with van der Waals surface area (Å²) in [5, 5.41) is 0. The Morgan fingerprint density at radius 2 is 1.69 bits per heavy atom. The van der Waals surface area contributed by atoms with Crippen molar-refractivity contribution in [2.45, 2.75) is 90.0 Å². The smallest absolute Gasteiger partial charge is 0.162 e. The van der Waals surface area contributed by atoms with Gasteiger partial charge < -0.3 is 4.90 Å². The van der Waals surface area contributed by atoms with E-state index in [9.17, 15) is 4.79 Å². The van der Waals surface area contributed by atoms with Gasteiger partial charge in [-0.2, -0.15) is 0 Å². The molecule has 1 aromatic rings. The highest BCUT2D eigenvalue weighted by Gasteiger charge is 2.42. The van der Waals surface area contributed by atoms with E-state index < -0.39 is 0 Å². The SMILES string of the molecule is C[C@@H]1N(C2CCCCC2)C2=C(C(=O)CCC2)[C@H](C)N1Cc1ccccc1. The number of hydrogen-bond acceptors (Lipinski definition) is 3. The first kappa shape index (κ1) is 17.8. The summed E-state index contributed by atoms with van der Waals surface area (Å²) >= 11 is 0. The minimum Gasteiger partial charge on any atom is -0.356 e. The van der Waals surface area contributed by atoms with Crippen LogP contribution in [0.15, 0.2) is 41.6 Å². The van der Waals surface area contributed by atoms with E-state index in [-0.39, 0.29) is 6.04 Å². The summed E-state index contributed by atoms with van der Waals surface area (Å²) in [4.78, 5) is 18.1. The predicted molar refractivity (Wildman–Crippen MR) is 106 cm³/mol. The van der Waals surface area contributed by atoms with Crippen molar-refractivity contribution in [2.24, 2.45) is 0 Å². The lowest BCUT2D eigenvalue weighted by Crippen LogP contribution is -2.59. The predicted octanol–water partition coefficient (Wildman–Crippen LogP) is 4.88. The normalized spacial score (nSPS) is 28.4. The van der Waals surface area contributed by atoms with Crippen LogP contribution in [0.25, 0.3) is 0 Å². The fourth-order valence-corrected chi connectivity index (χ4v) is 5.41. The molecule has 1 aromatic carbocycles. The average Bonchev–Trinajstić information content (AvgIpc) is 2.67. The lowest BCUT2D eigenvalue weighted by Gasteiger charge is -2.53. The monoisotopic (exact) mass is 352 g/mol. The largest absolute Gasteiger partial charge is 0.356 e. The van der Waals surface area contributed by atoms with Crippen molar-refractivity contribution in [2.75, 3.05) is 0 Å². The van der Waals surface area contributed by atoms with Gasteiger partial charge >= 0.3 is 0 Å². The highest BCUT2D eigenvalue weighted by atomic mass is 16.1. The van der Waals surface area contributed by atoms with Crippen molar-refractivity contribution in [3.8, 4) is 0 Å². The minimum absolute atomic E-state index is 0.216. The van der Waals surface area contributed by atoms with Crippen LogP contribution >= 0.6 is 0 Å². The van der Waals surface area contributed by atoms with E-state index in [1.54, 1.807) is 0 Å². The van der Waals surface area contributed by atoms with E-state index in [1.807, 2.05) is 0 Å². The molecule has 0 unspecified atom stereocenters. The molecule has 2 aliphatic carbocycles. The van der Waals surface area contributed by atoms with Gasteiger partial charge in [-0.05, 0) is 45.1 Å². The van der Waals surface area contributed by atoms with Gasteiger partial charge in [0.25, 0.3) is 0 Å². The molecule has 0 aromatic heterocycles. The lowest BCUT2D eigenvalue weighted by molar-refractivity contribution is -0.118. The van der Waals surface area contributed by atoms with Gasteiger partial charge in [-0.3, -0.25) is 9.69 Å². The molecule has 140 valence electrons. The van der Waals surface area contributed by atoms with E-state index in [2.05, 4.69) is 54.0 Å². The van der Waals surface area contributed by atoms with Gasteiger partial charge in [0.15, 0.2) is 5.78 Å². The Labute approximate surface area is 158 Å². The van der Waals surface area contributed by atoms with Crippen molar-refractivity contribution in [3.05, 3.63) is 47.2 Å². The summed E-state index contributed by atoms with van der Waals surface area (Å²) in [5.74, 6) is 0.393.